The molecule has 0 spiro atoms. The van der Waals surface area contributed by atoms with Crippen LogP contribution in [0.15, 0.2) is 21.4 Å². The van der Waals surface area contributed by atoms with E-state index in [0.29, 0.717) is 6.61 Å². The Morgan fingerprint density at radius 1 is 1.62 bits per heavy atom. The van der Waals surface area contributed by atoms with Crippen LogP contribution in [0.25, 0.3) is 6.08 Å². The van der Waals surface area contributed by atoms with Gasteiger partial charge in [0.05, 0.1) is 6.61 Å². The molecule has 1 heterocycles. The first-order valence-corrected chi connectivity index (χ1v) is 4.77. The van der Waals surface area contributed by atoms with Crippen LogP contribution < -0.4 is 10.2 Å². The SMILES string of the molecule is C/C=C/c1oc(C(=O)O)cc(=O)c1OCC. The Morgan fingerprint density at radius 3 is 2.81 bits per heavy atom. The molecular formula is C11H12O5. The van der Waals surface area contributed by atoms with Crippen LogP contribution in [0.4, 0.5) is 0 Å². The summed E-state index contributed by atoms with van der Waals surface area (Å²) in [6, 6.07) is 0.903. The summed E-state index contributed by atoms with van der Waals surface area (Å²) in [4.78, 5) is 22.2. The topological polar surface area (TPSA) is 76.7 Å². The van der Waals surface area contributed by atoms with Crippen molar-refractivity contribution in [3.05, 3.63) is 33.9 Å². The van der Waals surface area contributed by atoms with E-state index in [1.807, 2.05) is 0 Å². The molecule has 86 valence electrons. The normalized spacial score (nSPS) is 10.6. The highest BCUT2D eigenvalue weighted by Gasteiger charge is 2.14. The Morgan fingerprint density at radius 2 is 2.31 bits per heavy atom. The van der Waals surface area contributed by atoms with Crippen LogP contribution in [0.3, 0.4) is 0 Å². The van der Waals surface area contributed by atoms with Crippen LogP contribution in [0.1, 0.15) is 30.2 Å². The first-order valence-electron chi connectivity index (χ1n) is 4.77. The van der Waals surface area contributed by atoms with E-state index in [2.05, 4.69) is 0 Å². The van der Waals surface area contributed by atoms with Gasteiger partial charge in [0.25, 0.3) is 0 Å². The van der Waals surface area contributed by atoms with E-state index in [1.54, 1.807) is 19.9 Å². The third kappa shape index (κ3) is 2.50. The molecule has 0 radical (unpaired) electrons. The minimum absolute atomic E-state index is 0.0330. The fourth-order valence-corrected chi connectivity index (χ4v) is 1.15. The second-order valence-electron chi connectivity index (χ2n) is 2.91. The number of rotatable bonds is 4. The van der Waals surface area contributed by atoms with Crippen molar-refractivity contribution in [3.8, 4) is 5.75 Å². The summed E-state index contributed by atoms with van der Waals surface area (Å²) < 4.78 is 10.1. The van der Waals surface area contributed by atoms with Crippen molar-refractivity contribution in [1.29, 1.82) is 0 Å². The van der Waals surface area contributed by atoms with Crippen LogP contribution in [0.5, 0.6) is 5.75 Å². The molecule has 0 aromatic carbocycles. The molecule has 1 rings (SSSR count). The molecule has 16 heavy (non-hydrogen) atoms. The quantitative estimate of drug-likeness (QED) is 0.843. The molecule has 1 aromatic heterocycles. The maximum Gasteiger partial charge on any atom is 0.371 e. The second-order valence-corrected chi connectivity index (χ2v) is 2.91. The first kappa shape index (κ1) is 12.0. The number of carboxylic acid groups (broad SMARTS) is 1. The van der Waals surface area contributed by atoms with E-state index in [9.17, 15) is 9.59 Å². The molecule has 5 heteroatoms. The molecule has 0 saturated heterocycles. The van der Waals surface area contributed by atoms with Crippen LogP contribution in [-0.4, -0.2) is 17.7 Å². The highest BCUT2D eigenvalue weighted by Crippen LogP contribution is 2.17. The lowest BCUT2D eigenvalue weighted by atomic mass is 10.3. The smallest absolute Gasteiger partial charge is 0.371 e. The van der Waals surface area contributed by atoms with Gasteiger partial charge in [-0.25, -0.2) is 4.79 Å². The number of allylic oxidation sites excluding steroid dienone is 1. The molecule has 1 aromatic rings. The Hall–Kier alpha value is -2.04. The zero-order chi connectivity index (χ0) is 12.1. The van der Waals surface area contributed by atoms with Gasteiger partial charge in [-0.05, 0) is 19.9 Å². The largest absolute Gasteiger partial charge is 0.487 e. The van der Waals surface area contributed by atoms with Gasteiger partial charge in [-0.15, -0.1) is 0 Å². The fraction of sp³-hybridized carbons (Fsp3) is 0.273. The van der Waals surface area contributed by atoms with E-state index in [-0.39, 0.29) is 11.5 Å². The number of ether oxygens (including phenoxy) is 1. The summed E-state index contributed by atoms with van der Waals surface area (Å²) in [7, 11) is 0. The van der Waals surface area contributed by atoms with Gasteiger partial charge < -0.3 is 14.3 Å². The highest BCUT2D eigenvalue weighted by molar-refractivity contribution is 5.84. The van der Waals surface area contributed by atoms with Gasteiger partial charge in [0.1, 0.15) is 0 Å². The molecule has 0 aliphatic rings. The van der Waals surface area contributed by atoms with Gasteiger partial charge in [0, 0.05) is 6.07 Å². The zero-order valence-electron chi connectivity index (χ0n) is 9.02. The maximum atomic E-state index is 11.5. The number of carbonyl (C=O) groups is 1. The molecule has 0 unspecified atom stereocenters. The molecule has 0 amide bonds. The van der Waals surface area contributed by atoms with Gasteiger partial charge in [0.15, 0.2) is 5.76 Å². The summed E-state index contributed by atoms with van der Waals surface area (Å²) in [5.41, 5.74) is -0.501. The van der Waals surface area contributed by atoms with Crippen molar-refractivity contribution in [3.63, 3.8) is 0 Å². The standard InChI is InChI=1S/C11H12O5/c1-3-5-8-10(15-4-2)7(12)6-9(16-8)11(13)14/h3,5-6H,4H2,1-2H3,(H,13,14)/b5-3+. The van der Waals surface area contributed by atoms with E-state index < -0.39 is 17.2 Å². The lowest BCUT2D eigenvalue weighted by molar-refractivity contribution is 0.0658. The molecule has 1 N–H and O–H groups in total. The van der Waals surface area contributed by atoms with Crippen molar-refractivity contribution in [1.82, 2.24) is 0 Å². The summed E-state index contributed by atoms with van der Waals surface area (Å²) in [6.45, 7) is 3.76. The van der Waals surface area contributed by atoms with Crippen LogP contribution in [0.2, 0.25) is 0 Å². The third-order valence-electron chi connectivity index (χ3n) is 1.75. The Labute approximate surface area is 92.0 Å². The molecule has 5 nitrogen and oxygen atoms in total. The van der Waals surface area contributed by atoms with Crippen LogP contribution in [0, 0.1) is 0 Å². The molecule has 0 aliphatic heterocycles. The maximum absolute atomic E-state index is 11.5. The molecular weight excluding hydrogens is 212 g/mol. The minimum atomic E-state index is -1.29. The lowest BCUT2D eigenvalue weighted by Gasteiger charge is -2.05. The van der Waals surface area contributed by atoms with Crippen molar-refractivity contribution < 1.29 is 19.1 Å². The third-order valence-corrected chi connectivity index (χ3v) is 1.75. The summed E-state index contributed by atoms with van der Waals surface area (Å²) in [6.07, 6.45) is 3.12. The van der Waals surface area contributed by atoms with Gasteiger partial charge >= 0.3 is 5.97 Å². The predicted octanol–water partition coefficient (Wildman–Crippen LogP) is 1.77. The first-order chi connectivity index (χ1) is 7.60. The van der Waals surface area contributed by atoms with Crippen LogP contribution in [-0.2, 0) is 0 Å². The summed E-state index contributed by atoms with van der Waals surface area (Å²) in [5, 5.41) is 8.73. The van der Waals surface area contributed by atoms with Crippen molar-refractivity contribution >= 4 is 12.0 Å². The molecule has 0 atom stereocenters. The molecule has 0 saturated carbocycles. The minimum Gasteiger partial charge on any atom is -0.487 e. The van der Waals surface area contributed by atoms with Gasteiger partial charge in [-0.1, -0.05) is 6.08 Å². The van der Waals surface area contributed by atoms with Gasteiger partial charge in [-0.3, -0.25) is 4.79 Å². The van der Waals surface area contributed by atoms with E-state index in [0.717, 1.165) is 6.07 Å². The second kappa shape index (κ2) is 5.16. The summed E-state index contributed by atoms with van der Waals surface area (Å²) >= 11 is 0. The predicted molar refractivity (Wildman–Crippen MR) is 57.8 cm³/mol. The van der Waals surface area contributed by atoms with Gasteiger partial charge in [0.2, 0.25) is 16.9 Å². The van der Waals surface area contributed by atoms with Crippen molar-refractivity contribution in [2.75, 3.05) is 6.61 Å². The Balaban J connectivity index is 3.39. The lowest BCUT2D eigenvalue weighted by Crippen LogP contribution is -2.12. The van der Waals surface area contributed by atoms with Crippen molar-refractivity contribution in [2.24, 2.45) is 0 Å². The fourth-order valence-electron chi connectivity index (χ4n) is 1.15. The molecule has 0 fully saturated rings. The number of hydrogen-bond acceptors (Lipinski definition) is 4. The molecule has 0 bridgehead atoms. The van der Waals surface area contributed by atoms with Crippen LogP contribution >= 0.6 is 0 Å². The average molecular weight is 224 g/mol. The average Bonchev–Trinajstić information content (AvgIpc) is 2.23. The number of hydrogen-bond donors (Lipinski definition) is 1. The Kier molecular flexibility index (Phi) is 3.88. The highest BCUT2D eigenvalue weighted by atomic mass is 16.5. The zero-order valence-corrected chi connectivity index (χ0v) is 9.02. The number of aromatic carboxylic acids is 1. The van der Waals surface area contributed by atoms with Gasteiger partial charge in [-0.2, -0.15) is 0 Å². The van der Waals surface area contributed by atoms with Crippen molar-refractivity contribution in [2.45, 2.75) is 13.8 Å². The Bertz CT molecular complexity index is 470. The van der Waals surface area contributed by atoms with E-state index in [4.69, 9.17) is 14.3 Å². The van der Waals surface area contributed by atoms with E-state index in [1.165, 1.54) is 6.08 Å². The molecule has 0 aliphatic carbocycles. The van der Waals surface area contributed by atoms with E-state index >= 15 is 0 Å². The summed E-state index contributed by atoms with van der Waals surface area (Å²) in [5.74, 6) is -1.53. The number of carboxylic acids is 1. The monoisotopic (exact) mass is 224 g/mol.